The van der Waals surface area contributed by atoms with Gasteiger partial charge in [-0.3, -0.25) is 5.32 Å². The van der Waals surface area contributed by atoms with Gasteiger partial charge in [0.05, 0.1) is 0 Å². The first-order valence-corrected chi connectivity index (χ1v) is 7.60. The number of rotatable bonds is 4. The van der Waals surface area contributed by atoms with Crippen LogP contribution >= 0.6 is 11.3 Å². The fourth-order valence-electron chi connectivity index (χ4n) is 2.54. The van der Waals surface area contributed by atoms with Crippen molar-refractivity contribution in [2.75, 3.05) is 5.32 Å². The van der Waals surface area contributed by atoms with Crippen LogP contribution in [0, 0.1) is 12.8 Å². The minimum Gasteiger partial charge on any atom is -0.480 e. The number of anilines is 1. The van der Waals surface area contributed by atoms with Gasteiger partial charge in [-0.25, -0.2) is 14.6 Å². The number of carboxylic acid groups (broad SMARTS) is 1. The molecule has 1 aromatic heterocycles. The first-order chi connectivity index (χ1) is 9.56. The topological polar surface area (TPSA) is 91.3 Å². The number of thiazole rings is 1. The van der Waals surface area contributed by atoms with Crippen molar-refractivity contribution >= 4 is 28.5 Å². The van der Waals surface area contributed by atoms with Gasteiger partial charge in [0.15, 0.2) is 5.13 Å². The van der Waals surface area contributed by atoms with E-state index in [1.165, 1.54) is 11.3 Å². The second-order valence-corrected chi connectivity index (χ2v) is 6.32. The number of hydrogen-bond acceptors (Lipinski definition) is 4. The van der Waals surface area contributed by atoms with E-state index in [0.717, 1.165) is 37.0 Å². The van der Waals surface area contributed by atoms with Crippen molar-refractivity contribution in [3.05, 3.63) is 11.1 Å². The number of hydrogen-bond donors (Lipinski definition) is 3. The number of nitrogens with one attached hydrogen (secondary N) is 2. The number of carbonyl (C=O) groups is 2. The molecule has 20 heavy (non-hydrogen) atoms. The molecule has 1 saturated carbocycles. The van der Waals surface area contributed by atoms with Crippen LogP contribution in [-0.2, 0) is 4.79 Å². The molecular formula is C13H19N3O3S. The Morgan fingerprint density at radius 3 is 2.65 bits per heavy atom. The highest BCUT2D eigenvalue weighted by atomic mass is 32.1. The Labute approximate surface area is 121 Å². The van der Waals surface area contributed by atoms with Crippen LogP contribution < -0.4 is 10.6 Å². The van der Waals surface area contributed by atoms with Crippen LogP contribution in [0.4, 0.5) is 9.93 Å². The van der Waals surface area contributed by atoms with Gasteiger partial charge in [-0.2, -0.15) is 0 Å². The molecule has 1 aliphatic rings. The maximum Gasteiger partial charge on any atom is 0.326 e. The number of carbonyl (C=O) groups excluding carboxylic acids is 1. The predicted molar refractivity (Wildman–Crippen MR) is 77.0 cm³/mol. The molecule has 1 fully saturated rings. The van der Waals surface area contributed by atoms with Crippen LogP contribution in [0.15, 0.2) is 6.20 Å². The summed E-state index contributed by atoms with van der Waals surface area (Å²) < 4.78 is 0. The van der Waals surface area contributed by atoms with E-state index >= 15 is 0 Å². The number of aryl methyl sites for hydroxylation is 1. The highest BCUT2D eigenvalue weighted by Gasteiger charge is 2.30. The highest BCUT2D eigenvalue weighted by molar-refractivity contribution is 7.15. The van der Waals surface area contributed by atoms with Gasteiger partial charge in [0.2, 0.25) is 0 Å². The summed E-state index contributed by atoms with van der Waals surface area (Å²) >= 11 is 1.36. The molecule has 0 spiro atoms. The summed E-state index contributed by atoms with van der Waals surface area (Å²) in [5, 5.41) is 14.9. The Hall–Kier alpha value is -1.63. The summed E-state index contributed by atoms with van der Waals surface area (Å²) in [5.41, 5.74) is 0. The van der Waals surface area contributed by atoms with E-state index in [4.69, 9.17) is 0 Å². The number of nitrogens with zero attached hydrogens (tertiary/aromatic N) is 1. The fourth-order valence-corrected chi connectivity index (χ4v) is 3.20. The summed E-state index contributed by atoms with van der Waals surface area (Å²) in [4.78, 5) is 28.2. The van der Waals surface area contributed by atoms with Gasteiger partial charge in [0.1, 0.15) is 6.04 Å². The van der Waals surface area contributed by atoms with Gasteiger partial charge in [0.25, 0.3) is 0 Å². The molecule has 7 heteroatoms. The van der Waals surface area contributed by atoms with Crippen molar-refractivity contribution in [1.29, 1.82) is 0 Å². The summed E-state index contributed by atoms with van der Waals surface area (Å²) in [6, 6.07) is -1.33. The van der Waals surface area contributed by atoms with Crippen molar-refractivity contribution in [2.45, 2.75) is 45.1 Å². The number of aliphatic carboxylic acids is 1. The van der Waals surface area contributed by atoms with Crippen molar-refractivity contribution in [2.24, 2.45) is 5.92 Å². The smallest absolute Gasteiger partial charge is 0.326 e. The second kappa shape index (κ2) is 6.69. The predicted octanol–water partition coefficient (Wildman–Crippen LogP) is 2.61. The molecule has 110 valence electrons. The lowest BCUT2D eigenvalue weighted by Gasteiger charge is -2.27. The first kappa shape index (κ1) is 14.8. The lowest BCUT2D eigenvalue weighted by molar-refractivity contribution is -0.141. The van der Waals surface area contributed by atoms with Crippen LogP contribution in [-0.4, -0.2) is 28.1 Å². The van der Waals surface area contributed by atoms with E-state index in [9.17, 15) is 14.7 Å². The van der Waals surface area contributed by atoms with Gasteiger partial charge in [-0.05, 0) is 25.7 Å². The molecule has 0 radical (unpaired) electrons. The van der Waals surface area contributed by atoms with E-state index < -0.39 is 18.0 Å². The van der Waals surface area contributed by atoms with E-state index in [1.54, 1.807) is 6.20 Å². The van der Waals surface area contributed by atoms with Crippen molar-refractivity contribution in [3.63, 3.8) is 0 Å². The number of carboxylic acids is 1. The minimum atomic E-state index is -0.970. The molecule has 0 saturated heterocycles. The third-order valence-corrected chi connectivity index (χ3v) is 4.34. The molecule has 2 rings (SSSR count). The second-order valence-electron chi connectivity index (χ2n) is 5.09. The third-order valence-electron chi connectivity index (χ3n) is 3.52. The molecule has 2 amide bonds. The Balaban J connectivity index is 1.93. The Morgan fingerprint density at radius 1 is 1.40 bits per heavy atom. The lowest BCUT2D eigenvalue weighted by Crippen LogP contribution is -2.48. The zero-order chi connectivity index (χ0) is 14.5. The lowest BCUT2D eigenvalue weighted by atomic mass is 9.84. The Morgan fingerprint density at radius 2 is 2.10 bits per heavy atom. The van der Waals surface area contributed by atoms with Crippen molar-refractivity contribution in [3.8, 4) is 0 Å². The Bertz CT molecular complexity index is 483. The fraction of sp³-hybridized carbons (Fsp3) is 0.615. The third kappa shape index (κ3) is 3.93. The van der Waals surface area contributed by atoms with Crippen molar-refractivity contribution in [1.82, 2.24) is 10.3 Å². The summed E-state index contributed by atoms with van der Waals surface area (Å²) in [6.45, 7) is 1.89. The van der Waals surface area contributed by atoms with E-state index in [1.807, 2.05) is 6.92 Å². The van der Waals surface area contributed by atoms with Crippen LogP contribution in [0.5, 0.6) is 0 Å². The summed E-state index contributed by atoms with van der Waals surface area (Å²) in [7, 11) is 0. The van der Waals surface area contributed by atoms with Crippen LogP contribution in [0.3, 0.4) is 0 Å². The molecule has 0 aliphatic heterocycles. The Kier molecular flexibility index (Phi) is 4.94. The quantitative estimate of drug-likeness (QED) is 0.796. The van der Waals surface area contributed by atoms with Gasteiger partial charge in [-0.1, -0.05) is 19.3 Å². The average Bonchev–Trinajstić information content (AvgIpc) is 2.82. The number of urea groups is 1. The van der Waals surface area contributed by atoms with Gasteiger partial charge in [-0.15, -0.1) is 11.3 Å². The SMILES string of the molecule is Cc1cnc(NC(=O)NC(C(=O)O)C2CCCCC2)s1. The monoisotopic (exact) mass is 297 g/mol. The molecule has 3 N–H and O–H groups in total. The number of aromatic nitrogens is 1. The van der Waals surface area contributed by atoms with Gasteiger partial charge in [0, 0.05) is 11.1 Å². The molecule has 1 unspecified atom stereocenters. The molecule has 6 nitrogen and oxygen atoms in total. The maximum absolute atomic E-state index is 11.9. The summed E-state index contributed by atoms with van der Waals surface area (Å²) in [6.07, 6.45) is 6.58. The zero-order valence-electron chi connectivity index (χ0n) is 11.4. The van der Waals surface area contributed by atoms with Crippen LogP contribution in [0.2, 0.25) is 0 Å². The zero-order valence-corrected chi connectivity index (χ0v) is 12.2. The van der Waals surface area contributed by atoms with Crippen LogP contribution in [0.25, 0.3) is 0 Å². The molecule has 0 aromatic carbocycles. The van der Waals surface area contributed by atoms with E-state index in [0.29, 0.717) is 5.13 Å². The maximum atomic E-state index is 11.9. The molecule has 0 bridgehead atoms. The summed E-state index contributed by atoms with van der Waals surface area (Å²) in [5.74, 6) is -0.951. The number of amides is 2. The first-order valence-electron chi connectivity index (χ1n) is 6.79. The molecule has 1 aromatic rings. The minimum absolute atomic E-state index is 0.0185. The van der Waals surface area contributed by atoms with Gasteiger partial charge < -0.3 is 10.4 Å². The molecule has 1 atom stereocenters. The van der Waals surface area contributed by atoms with Gasteiger partial charge >= 0.3 is 12.0 Å². The normalized spacial score (nSPS) is 17.4. The highest BCUT2D eigenvalue weighted by Crippen LogP contribution is 2.26. The van der Waals surface area contributed by atoms with E-state index in [2.05, 4.69) is 15.6 Å². The largest absolute Gasteiger partial charge is 0.480 e. The molecular weight excluding hydrogens is 278 g/mol. The van der Waals surface area contributed by atoms with Crippen LogP contribution in [0.1, 0.15) is 37.0 Å². The van der Waals surface area contributed by atoms with Crippen molar-refractivity contribution < 1.29 is 14.7 Å². The standard InChI is InChI=1S/C13H19N3O3S/c1-8-7-14-13(20-8)16-12(19)15-10(11(17)18)9-5-3-2-4-6-9/h7,9-10H,2-6H2,1H3,(H,17,18)(H2,14,15,16,19). The van der Waals surface area contributed by atoms with E-state index in [-0.39, 0.29) is 5.92 Å². The molecule has 1 heterocycles. The average molecular weight is 297 g/mol. The molecule has 1 aliphatic carbocycles.